The van der Waals surface area contributed by atoms with E-state index in [1.807, 2.05) is 17.9 Å². The van der Waals surface area contributed by atoms with Gasteiger partial charge < -0.3 is 0 Å². The summed E-state index contributed by atoms with van der Waals surface area (Å²) in [5, 5.41) is 8.91. The highest BCUT2D eigenvalue weighted by atomic mass is 15.3. The van der Waals surface area contributed by atoms with Crippen LogP contribution in [-0.2, 0) is 7.05 Å². The van der Waals surface area contributed by atoms with Gasteiger partial charge in [0.05, 0.1) is 12.2 Å². The fourth-order valence-corrected chi connectivity index (χ4v) is 3.56. The molecule has 1 saturated carbocycles. The van der Waals surface area contributed by atoms with Gasteiger partial charge in [-0.25, -0.2) is 0 Å². The third kappa shape index (κ3) is 2.63. The molecule has 3 atom stereocenters. The monoisotopic (exact) mass is 286 g/mol. The van der Waals surface area contributed by atoms with E-state index < -0.39 is 0 Å². The van der Waals surface area contributed by atoms with E-state index in [1.165, 1.54) is 29.8 Å². The molecule has 1 aliphatic carbocycles. The highest BCUT2D eigenvalue weighted by Crippen LogP contribution is 2.49. The predicted molar refractivity (Wildman–Crippen MR) is 84.4 cm³/mol. The molecular formula is C17H26N4. The van der Waals surface area contributed by atoms with E-state index in [1.54, 1.807) is 0 Å². The highest BCUT2D eigenvalue weighted by Gasteiger charge is 2.41. The van der Waals surface area contributed by atoms with Gasteiger partial charge in [-0.2, -0.15) is 10.2 Å². The van der Waals surface area contributed by atoms with Crippen LogP contribution in [0.2, 0.25) is 0 Å². The molecule has 0 amide bonds. The lowest BCUT2D eigenvalue weighted by Gasteiger charge is -2.12. The summed E-state index contributed by atoms with van der Waals surface area (Å²) >= 11 is 0. The summed E-state index contributed by atoms with van der Waals surface area (Å²) < 4.78 is 4.26. The molecule has 2 heterocycles. The number of rotatable bonds is 5. The van der Waals surface area contributed by atoms with E-state index >= 15 is 0 Å². The lowest BCUT2D eigenvalue weighted by molar-refractivity contribution is 0.507. The van der Waals surface area contributed by atoms with Crippen LogP contribution < -0.4 is 0 Å². The maximum Gasteiger partial charge on any atom is 0.0554 e. The van der Waals surface area contributed by atoms with Crippen molar-refractivity contribution in [3.05, 3.63) is 35.4 Å². The average Bonchev–Trinajstić information content (AvgIpc) is 2.84. The van der Waals surface area contributed by atoms with Gasteiger partial charge in [-0.05, 0) is 49.1 Å². The lowest BCUT2D eigenvalue weighted by Crippen LogP contribution is -2.06. The molecule has 2 aromatic heterocycles. The van der Waals surface area contributed by atoms with Crippen molar-refractivity contribution in [2.75, 3.05) is 0 Å². The Labute approximate surface area is 127 Å². The zero-order chi connectivity index (χ0) is 15.1. The normalized spacial score (nSPS) is 22.8. The maximum atomic E-state index is 4.64. The molecule has 21 heavy (non-hydrogen) atoms. The Morgan fingerprint density at radius 3 is 2.62 bits per heavy atom. The molecule has 0 radical (unpaired) electrons. The molecule has 4 nitrogen and oxygen atoms in total. The van der Waals surface area contributed by atoms with Crippen molar-refractivity contribution in [2.45, 2.75) is 58.4 Å². The zero-order valence-electron chi connectivity index (χ0n) is 13.7. The molecule has 3 rings (SSSR count). The molecular weight excluding hydrogens is 260 g/mol. The van der Waals surface area contributed by atoms with Crippen molar-refractivity contribution < 1.29 is 0 Å². The smallest absolute Gasteiger partial charge is 0.0554 e. The molecule has 114 valence electrons. The summed E-state index contributed by atoms with van der Waals surface area (Å²) in [5.74, 6) is 1.88. The quantitative estimate of drug-likeness (QED) is 0.838. The van der Waals surface area contributed by atoms with Crippen LogP contribution in [0.5, 0.6) is 0 Å². The Kier molecular flexibility index (Phi) is 3.64. The number of aryl methyl sites for hydroxylation is 1. The van der Waals surface area contributed by atoms with Crippen LogP contribution in [-0.4, -0.2) is 19.6 Å². The molecule has 1 fully saturated rings. The molecule has 2 aromatic rings. The summed E-state index contributed by atoms with van der Waals surface area (Å²) in [6.07, 6.45) is 6.44. The van der Waals surface area contributed by atoms with Crippen LogP contribution in [0, 0.1) is 12.8 Å². The largest absolute Gasteiger partial charge is 0.272 e. The number of aromatic nitrogens is 4. The molecule has 0 spiro atoms. The van der Waals surface area contributed by atoms with E-state index in [0.29, 0.717) is 17.9 Å². The first-order valence-corrected chi connectivity index (χ1v) is 8.01. The molecule has 0 aromatic carbocycles. The van der Waals surface area contributed by atoms with E-state index in [4.69, 9.17) is 0 Å². The van der Waals surface area contributed by atoms with Crippen LogP contribution >= 0.6 is 0 Å². The predicted octanol–water partition coefficient (Wildman–Crippen LogP) is 3.80. The minimum absolute atomic E-state index is 0.560. The van der Waals surface area contributed by atoms with Crippen molar-refractivity contribution in [3.63, 3.8) is 0 Å². The third-order valence-corrected chi connectivity index (χ3v) is 4.92. The number of hydrogen-bond donors (Lipinski definition) is 0. The molecule has 1 aliphatic rings. The van der Waals surface area contributed by atoms with Gasteiger partial charge in [-0.3, -0.25) is 9.36 Å². The van der Waals surface area contributed by atoms with Crippen LogP contribution in [0.3, 0.4) is 0 Å². The Morgan fingerprint density at radius 2 is 2.05 bits per heavy atom. The first-order valence-electron chi connectivity index (χ1n) is 8.01. The van der Waals surface area contributed by atoms with Crippen LogP contribution in [0.25, 0.3) is 0 Å². The standard InChI is InChI=1S/C17H26N4/c1-11(2)15-10-19-21(13(15)4)17-9-14(17)8-12(3)16-6-7-18-20(16)5/h6-7,10-12,14,17H,8-9H2,1-5H3. The average molecular weight is 286 g/mol. The van der Waals surface area contributed by atoms with Crippen molar-refractivity contribution in [3.8, 4) is 0 Å². The molecule has 0 N–H and O–H groups in total. The van der Waals surface area contributed by atoms with Gasteiger partial charge in [0.15, 0.2) is 0 Å². The van der Waals surface area contributed by atoms with Crippen molar-refractivity contribution in [1.29, 1.82) is 0 Å². The molecule has 0 bridgehead atoms. The molecule has 0 aliphatic heterocycles. The fourth-order valence-electron chi connectivity index (χ4n) is 3.56. The summed E-state index contributed by atoms with van der Waals surface area (Å²) in [6, 6.07) is 2.74. The van der Waals surface area contributed by atoms with Gasteiger partial charge in [0.2, 0.25) is 0 Å². The van der Waals surface area contributed by atoms with E-state index in [2.05, 4.69) is 54.8 Å². The Balaban J connectivity index is 1.66. The minimum Gasteiger partial charge on any atom is -0.272 e. The van der Waals surface area contributed by atoms with Gasteiger partial charge in [-0.15, -0.1) is 0 Å². The second-order valence-corrected chi connectivity index (χ2v) is 6.86. The lowest BCUT2D eigenvalue weighted by atomic mass is 10.0. The van der Waals surface area contributed by atoms with Gasteiger partial charge >= 0.3 is 0 Å². The van der Waals surface area contributed by atoms with Crippen LogP contribution in [0.15, 0.2) is 18.5 Å². The summed E-state index contributed by atoms with van der Waals surface area (Å²) in [4.78, 5) is 0. The molecule has 0 saturated heterocycles. The topological polar surface area (TPSA) is 35.6 Å². The zero-order valence-corrected chi connectivity index (χ0v) is 13.7. The van der Waals surface area contributed by atoms with E-state index in [0.717, 1.165) is 5.92 Å². The van der Waals surface area contributed by atoms with E-state index in [-0.39, 0.29) is 0 Å². The number of hydrogen-bond acceptors (Lipinski definition) is 2. The summed E-state index contributed by atoms with van der Waals surface area (Å²) in [5.41, 5.74) is 4.08. The first-order chi connectivity index (χ1) is 9.99. The van der Waals surface area contributed by atoms with Gasteiger partial charge in [0, 0.05) is 24.6 Å². The highest BCUT2D eigenvalue weighted by molar-refractivity contribution is 5.21. The third-order valence-electron chi connectivity index (χ3n) is 4.92. The van der Waals surface area contributed by atoms with Gasteiger partial charge in [0.1, 0.15) is 0 Å². The first kappa shape index (κ1) is 14.4. The molecule has 3 unspecified atom stereocenters. The second-order valence-electron chi connectivity index (χ2n) is 6.86. The summed E-state index contributed by atoms with van der Waals surface area (Å²) in [6.45, 7) is 9.00. The Morgan fingerprint density at radius 1 is 1.29 bits per heavy atom. The van der Waals surface area contributed by atoms with Crippen molar-refractivity contribution in [1.82, 2.24) is 19.6 Å². The Hall–Kier alpha value is -1.58. The molecule has 4 heteroatoms. The second kappa shape index (κ2) is 5.32. The van der Waals surface area contributed by atoms with Crippen LogP contribution in [0.1, 0.15) is 68.4 Å². The summed E-state index contributed by atoms with van der Waals surface area (Å²) in [7, 11) is 2.03. The van der Waals surface area contributed by atoms with E-state index in [9.17, 15) is 0 Å². The number of nitrogens with zero attached hydrogens (tertiary/aromatic N) is 4. The Bertz CT molecular complexity index is 623. The van der Waals surface area contributed by atoms with Gasteiger partial charge in [0.25, 0.3) is 0 Å². The fraction of sp³-hybridized carbons (Fsp3) is 0.647. The van der Waals surface area contributed by atoms with Gasteiger partial charge in [-0.1, -0.05) is 20.8 Å². The van der Waals surface area contributed by atoms with Crippen molar-refractivity contribution >= 4 is 0 Å². The SMILES string of the molecule is Cc1c(C(C)C)cnn1C1CC1CC(C)c1ccnn1C. The van der Waals surface area contributed by atoms with Crippen molar-refractivity contribution in [2.24, 2.45) is 13.0 Å². The maximum absolute atomic E-state index is 4.64. The minimum atomic E-state index is 0.560. The van der Waals surface area contributed by atoms with Crippen LogP contribution in [0.4, 0.5) is 0 Å².